The van der Waals surface area contributed by atoms with E-state index in [-0.39, 0.29) is 10.5 Å². The van der Waals surface area contributed by atoms with Crippen molar-refractivity contribution in [3.05, 3.63) is 0 Å². The van der Waals surface area contributed by atoms with Crippen LogP contribution in [-0.2, 0) is 9.59 Å². The van der Waals surface area contributed by atoms with Gasteiger partial charge >= 0.3 is 0 Å². The predicted molar refractivity (Wildman–Crippen MR) is 58.5 cm³/mol. The maximum atomic E-state index is 9.97. The average molecular weight is 230 g/mol. The maximum Gasteiger partial charge on any atom is 0.234 e. The quantitative estimate of drug-likeness (QED) is 0.531. The highest BCUT2D eigenvalue weighted by Gasteiger charge is 2.25. The van der Waals surface area contributed by atoms with E-state index in [4.69, 9.17) is 0 Å². The maximum absolute atomic E-state index is 9.97. The Balaban J connectivity index is 2.48. The average Bonchev–Trinajstić information content (AvgIpc) is 2.24. The molecule has 0 aromatic carbocycles. The molecule has 4 nitrogen and oxygen atoms in total. The van der Waals surface area contributed by atoms with Crippen LogP contribution < -0.4 is 0 Å². The van der Waals surface area contributed by atoms with Gasteiger partial charge in [-0.15, -0.1) is 0 Å². The Morgan fingerprint density at radius 3 is 1.79 bits per heavy atom. The molecule has 0 aromatic heterocycles. The fourth-order valence-electron chi connectivity index (χ4n) is 1.21. The molecule has 0 N–H and O–H groups in total. The van der Waals surface area contributed by atoms with Gasteiger partial charge < -0.3 is 0 Å². The van der Waals surface area contributed by atoms with Crippen molar-refractivity contribution in [1.82, 2.24) is 0 Å². The lowest BCUT2D eigenvalue weighted by Crippen LogP contribution is -2.30. The second-order valence-corrected chi connectivity index (χ2v) is 5.38. The smallest absolute Gasteiger partial charge is 0.211 e. The van der Waals surface area contributed by atoms with Crippen LogP contribution in [0.1, 0.15) is 0 Å². The Morgan fingerprint density at radius 1 is 1.00 bits per heavy atom. The molecule has 14 heavy (non-hydrogen) atoms. The Labute approximate surface area is 90.6 Å². The number of thioether (sulfide) groups is 2. The van der Waals surface area contributed by atoms with Crippen molar-refractivity contribution in [3.63, 3.8) is 0 Å². The van der Waals surface area contributed by atoms with E-state index in [0.717, 1.165) is 11.5 Å². The van der Waals surface area contributed by atoms with Crippen molar-refractivity contribution in [3.8, 4) is 0 Å². The molecule has 1 saturated heterocycles. The van der Waals surface area contributed by atoms with Crippen molar-refractivity contribution in [2.45, 2.75) is 10.5 Å². The van der Waals surface area contributed by atoms with Crippen LogP contribution in [0.4, 0.5) is 0 Å². The number of isocyanates is 2. The van der Waals surface area contributed by atoms with E-state index in [1.807, 2.05) is 0 Å². The summed E-state index contributed by atoms with van der Waals surface area (Å²) in [5.41, 5.74) is 0. The first-order chi connectivity index (χ1) is 6.88. The molecule has 1 aliphatic rings. The van der Waals surface area contributed by atoms with Gasteiger partial charge in [-0.3, -0.25) is 0 Å². The van der Waals surface area contributed by atoms with Gasteiger partial charge in [0.25, 0.3) is 0 Å². The van der Waals surface area contributed by atoms with Crippen LogP contribution in [0.3, 0.4) is 0 Å². The van der Waals surface area contributed by atoms with E-state index in [2.05, 4.69) is 9.98 Å². The van der Waals surface area contributed by atoms with E-state index in [1.165, 1.54) is 12.2 Å². The van der Waals surface area contributed by atoms with Crippen molar-refractivity contribution < 1.29 is 9.59 Å². The second kappa shape index (κ2) is 6.85. The molecule has 0 aromatic rings. The summed E-state index contributed by atoms with van der Waals surface area (Å²) >= 11 is 3.56. The third-order valence-corrected chi connectivity index (χ3v) is 4.96. The minimum atomic E-state index is 0.271. The Morgan fingerprint density at radius 2 is 1.43 bits per heavy atom. The molecule has 1 fully saturated rings. The van der Waals surface area contributed by atoms with Crippen molar-refractivity contribution in [2.75, 3.05) is 24.6 Å². The highest BCUT2D eigenvalue weighted by molar-refractivity contribution is 8.07. The van der Waals surface area contributed by atoms with Crippen molar-refractivity contribution in [2.24, 2.45) is 9.98 Å². The summed E-state index contributed by atoms with van der Waals surface area (Å²) in [5.74, 6) is 2.12. The highest BCUT2D eigenvalue weighted by Crippen LogP contribution is 2.31. The molecule has 0 aliphatic carbocycles. The fourth-order valence-corrected chi connectivity index (χ4v) is 4.02. The zero-order chi connectivity index (χ0) is 10.2. The number of carbonyl (C=O) groups excluding carboxylic acids is 2. The molecule has 1 aliphatic heterocycles. The van der Waals surface area contributed by atoms with E-state index >= 15 is 0 Å². The van der Waals surface area contributed by atoms with Crippen LogP contribution in [0.2, 0.25) is 0 Å². The summed E-state index contributed by atoms with van der Waals surface area (Å²) in [4.78, 5) is 27.1. The molecule has 2 atom stereocenters. The second-order valence-electron chi connectivity index (χ2n) is 2.68. The zero-order valence-electron chi connectivity index (χ0n) is 7.51. The van der Waals surface area contributed by atoms with Gasteiger partial charge in [-0.05, 0) is 0 Å². The summed E-state index contributed by atoms with van der Waals surface area (Å²) in [7, 11) is 0. The van der Waals surface area contributed by atoms with Crippen LogP contribution in [0, 0.1) is 0 Å². The fraction of sp³-hybridized carbons (Fsp3) is 0.750. The Hall–Kier alpha value is -0.540. The molecule has 0 radical (unpaired) electrons. The molecule has 6 heteroatoms. The highest BCUT2D eigenvalue weighted by atomic mass is 32.2. The summed E-state index contributed by atoms with van der Waals surface area (Å²) in [6, 6.07) is 0. The molecule has 2 unspecified atom stereocenters. The molecule has 0 bridgehead atoms. The van der Waals surface area contributed by atoms with E-state index in [1.54, 1.807) is 23.5 Å². The Kier molecular flexibility index (Phi) is 5.64. The first kappa shape index (κ1) is 11.5. The van der Waals surface area contributed by atoms with Gasteiger partial charge in [-0.1, -0.05) is 0 Å². The van der Waals surface area contributed by atoms with E-state index in [0.29, 0.717) is 13.1 Å². The molecule has 0 spiro atoms. The number of aliphatic imine (C=N–C) groups is 2. The van der Waals surface area contributed by atoms with Gasteiger partial charge in [0.2, 0.25) is 12.2 Å². The lowest BCUT2D eigenvalue weighted by Gasteiger charge is -2.27. The van der Waals surface area contributed by atoms with Crippen LogP contribution >= 0.6 is 23.5 Å². The summed E-state index contributed by atoms with van der Waals surface area (Å²) in [6.07, 6.45) is 3.07. The lowest BCUT2D eigenvalue weighted by atomic mass is 10.3. The third-order valence-electron chi connectivity index (χ3n) is 1.83. The number of nitrogens with zero attached hydrogens (tertiary/aromatic N) is 2. The predicted octanol–water partition coefficient (Wildman–Crippen LogP) is 0.875. The topological polar surface area (TPSA) is 58.9 Å². The van der Waals surface area contributed by atoms with Crippen molar-refractivity contribution in [1.29, 1.82) is 0 Å². The minimum absolute atomic E-state index is 0.271. The van der Waals surface area contributed by atoms with Crippen LogP contribution in [-0.4, -0.2) is 47.3 Å². The molecule has 0 amide bonds. The summed E-state index contributed by atoms with van der Waals surface area (Å²) < 4.78 is 0. The van der Waals surface area contributed by atoms with E-state index < -0.39 is 0 Å². The van der Waals surface area contributed by atoms with Gasteiger partial charge in [0.1, 0.15) is 0 Å². The minimum Gasteiger partial charge on any atom is -0.211 e. The Bertz CT molecular complexity index is 245. The standard InChI is InChI=1S/C8H10N2O2S2/c11-5-9-3-7-8(4-10-6-12)14-2-1-13-7/h7-8H,1-4H2. The first-order valence-corrected chi connectivity index (χ1v) is 6.28. The molecular weight excluding hydrogens is 220 g/mol. The lowest BCUT2D eigenvalue weighted by molar-refractivity contribution is 0.560. The monoisotopic (exact) mass is 230 g/mol. The number of hydrogen-bond donors (Lipinski definition) is 0. The molecular formula is C8H10N2O2S2. The summed E-state index contributed by atoms with van der Waals surface area (Å²) in [6.45, 7) is 0.945. The van der Waals surface area contributed by atoms with Gasteiger partial charge in [0.15, 0.2) is 0 Å². The molecule has 0 saturated carbocycles. The molecule has 1 rings (SSSR count). The van der Waals surface area contributed by atoms with Crippen LogP contribution in [0.15, 0.2) is 9.98 Å². The van der Waals surface area contributed by atoms with Gasteiger partial charge in [0, 0.05) is 22.0 Å². The zero-order valence-corrected chi connectivity index (χ0v) is 9.14. The molecule has 76 valence electrons. The summed E-state index contributed by atoms with van der Waals surface area (Å²) in [5, 5.41) is 0.541. The number of hydrogen-bond acceptors (Lipinski definition) is 6. The van der Waals surface area contributed by atoms with Gasteiger partial charge in [0.05, 0.1) is 13.1 Å². The normalized spacial score (nSPS) is 26.0. The largest absolute Gasteiger partial charge is 0.234 e. The van der Waals surface area contributed by atoms with Crippen LogP contribution in [0.25, 0.3) is 0 Å². The van der Waals surface area contributed by atoms with E-state index in [9.17, 15) is 9.59 Å². The SMILES string of the molecule is O=C=NCC1SCCSC1CN=C=O. The van der Waals surface area contributed by atoms with Crippen molar-refractivity contribution >= 4 is 35.7 Å². The van der Waals surface area contributed by atoms with Crippen LogP contribution in [0.5, 0.6) is 0 Å². The van der Waals surface area contributed by atoms with Gasteiger partial charge in [-0.2, -0.15) is 23.5 Å². The van der Waals surface area contributed by atoms with Gasteiger partial charge in [-0.25, -0.2) is 19.6 Å². The number of rotatable bonds is 4. The first-order valence-electron chi connectivity index (χ1n) is 4.19. The molecule has 1 heterocycles. The third kappa shape index (κ3) is 3.68.